The molecule has 0 aliphatic carbocycles. The number of amides is 1. The maximum absolute atomic E-state index is 10.5. The van der Waals surface area contributed by atoms with Crippen LogP contribution in [0.3, 0.4) is 0 Å². The SMILES string of the molecule is CC(C)c1cnc(CC(N)=O)nn1. The van der Waals surface area contributed by atoms with Crippen LogP contribution in [0.2, 0.25) is 0 Å². The zero-order chi connectivity index (χ0) is 9.84. The smallest absolute Gasteiger partial charge is 0.225 e. The maximum Gasteiger partial charge on any atom is 0.225 e. The first-order chi connectivity index (χ1) is 6.09. The first-order valence-corrected chi connectivity index (χ1v) is 4.06. The standard InChI is InChI=1S/C8H12N4O/c1-5(2)6-4-10-8(12-11-6)3-7(9)13/h4-5H,3H2,1-2H3,(H2,9,13). The molecule has 1 rings (SSSR count). The van der Waals surface area contributed by atoms with Gasteiger partial charge in [-0.15, -0.1) is 5.10 Å². The molecule has 1 aromatic rings. The number of nitrogens with zero attached hydrogens (tertiary/aromatic N) is 3. The highest BCUT2D eigenvalue weighted by Crippen LogP contribution is 2.07. The predicted octanol–water partition coefficient (Wildman–Crippen LogP) is 0.0228. The average molecular weight is 180 g/mol. The Hall–Kier alpha value is -1.52. The molecule has 0 radical (unpaired) electrons. The summed E-state index contributed by atoms with van der Waals surface area (Å²) in [6.45, 7) is 4.00. The minimum atomic E-state index is -0.445. The summed E-state index contributed by atoms with van der Waals surface area (Å²) in [5.41, 5.74) is 5.79. The molecule has 0 bridgehead atoms. The van der Waals surface area contributed by atoms with Gasteiger partial charge in [-0.05, 0) is 5.92 Å². The van der Waals surface area contributed by atoms with Gasteiger partial charge in [0.25, 0.3) is 0 Å². The van der Waals surface area contributed by atoms with Crippen LogP contribution in [0.4, 0.5) is 0 Å². The fraction of sp³-hybridized carbons (Fsp3) is 0.500. The molecule has 0 aliphatic rings. The zero-order valence-corrected chi connectivity index (χ0v) is 7.69. The number of primary amides is 1. The highest BCUT2D eigenvalue weighted by molar-refractivity contribution is 5.75. The Morgan fingerprint density at radius 3 is 2.62 bits per heavy atom. The second kappa shape index (κ2) is 3.93. The van der Waals surface area contributed by atoms with Crippen molar-refractivity contribution in [3.05, 3.63) is 17.7 Å². The second-order valence-corrected chi connectivity index (χ2v) is 3.10. The van der Waals surface area contributed by atoms with Crippen LogP contribution >= 0.6 is 0 Å². The Morgan fingerprint density at radius 1 is 1.54 bits per heavy atom. The molecule has 70 valence electrons. The van der Waals surface area contributed by atoms with E-state index in [2.05, 4.69) is 15.2 Å². The number of carbonyl (C=O) groups excluding carboxylic acids is 1. The molecule has 0 saturated heterocycles. The highest BCUT2D eigenvalue weighted by Gasteiger charge is 2.05. The number of nitrogens with two attached hydrogens (primary N) is 1. The summed E-state index contributed by atoms with van der Waals surface area (Å²) in [7, 11) is 0. The lowest BCUT2D eigenvalue weighted by atomic mass is 10.1. The van der Waals surface area contributed by atoms with E-state index in [0.29, 0.717) is 11.7 Å². The maximum atomic E-state index is 10.5. The van der Waals surface area contributed by atoms with E-state index >= 15 is 0 Å². The molecule has 1 heterocycles. The van der Waals surface area contributed by atoms with E-state index in [1.54, 1.807) is 6.20 Å². The van der Waals surface area contributed by atoms with Crippen molar-refractivity contribution in [3.63, 3.8) is 0 Å². The predicted molar refractivity (Wildman–Crippen MR) is 46.8 cm³/mol. The Balaban J connectivity index is 2.75. The van der Waals surface area contributed by atoms with Gasteiger partial charge in [0.15, 0.2) is 5.82 Å². The van der Waals surface area contributed by atoms with Gasteiger partial charge in [-0.1, -0.05) is 13.8 Å². The Labute approximate surface area is 76.4 Å². The number of aromatic nitrogens is 3. The summed E-state index contributed by atoms with van der Waals surface area (Å²) in [4.78, 5) is 14.5. The van der Waals surface area contributed by atoms with Crippen molar-refractivity contribution < 1.29 is 4.79 Å². The van der Waals surface area contributed by atoms with Crippen LogP contribution < -0.4 is 5.73 Å². The van der Waals surface area contributed by atoms with Crippen molar-refractivity contribution in [2.45, 2.75) is 26.2 Å². The van der Waals surface area contributed by atoms with Crippen molar-refractivity contribution in [1.29, 1.82) is 0 Å². The highest BCUT2D eigenvalue weighted by atomic mass is 16.1. The van der Waals surface area contributed by atoms with Crippen LogP contribution in [0, 0.1) is 0 Å². The summed E-state index contributed by atoms with van der Waals surface area (Å²) >= 11 is 0. The average Bonchev–Trinajstić information content (AvgIpc) is 2.04. The van der Waals surface area contributed by atoms with Crippen LogP contribution in [0.5, 0.6) is 0 Å². The van der Waals surface area contributed by atoms with Crippen molar-refractivity contribution in [3.8, 4) is 0 Å². The molecule has 0 aliphatic heterocycles. The molecule has 13 heavy (non-hydrogen) atoms. The lowest BCUT2D eigenvalue weighted by Crippen LogP contribution is -2.16. The van der Waals surface area contributed by atoms with Gasteiger partial charge < -0.3 is 5.73 Å². The quantitative estimate of drug-likeness (QED) is 0.711. The molecule has 5 heteroatoms. The van der Waals surface area contributed by atoms with Crippen molar-refractivity contribution in [2.75, 3.05) is 0 Å². The number of hydrogen-bond acceptors (Lipinski definition) is 4. The van der Waals surface area contributed by atoms with Gasteiger partial charge in [0.05, 0.1) is 18.3 Å². The van der Waals surface area contributed by atoms with Gasteiger partial charge in [0.1, 0.15) is 0 Å². The van der Waals surface area contributed by atoms with Crippen LogP contribution in [-0.4, -0.2) is 21.1 Å². The molecule has 2 N–H and O–H groups in total. The molecule has 0 unspecified atom stereocenters. The monoisotopic (exact) mass is 180 g/mol. The van der Waals surface area contributed by atoms with Gasteiger partial charge in [-0.2, -0.15) is 5.10 Å². The summed E-state index contributed by atoms with van der Waals surface area (Å²) in [5, 5.41) is 7.69. The minimum absolute atomic E-state index is 0.0470. The van der Waals surface area contributed by atoms with Gasteiger partial charge in [0, 0.05) is 0 Å². The van der Waals surface area contributed by atoms with Crippen molar-refractivity contribution in [1.82, 2.24) is 15.2 Å². The number of carbonyl (C=O) groups is 1. The third kappa shape index (κ3) is 2.77. The largest absolute Gasteiger partial charge is 0.369 e. The molecule has 1 amide bonds. The van der Waals surface area contributed by atoms with Gasteiger partial charge >= 0.3 is 0 Å². The van der Waals surface area contributed by atoms with Crippen LogP contribution in [0.1, 0.15) is 31.3 Å². The van der Waals surface area contributed by atoms with Crippen LogP contribution in [0.15, 0.2) is 6.20 Å². The minimum Gasteiger partial charge on any atom is -0.369 e. The van der Waals surface area contributed by atoms with Crippen molar-refractivity contribution >= 4 is 5.91 Å². The van der Waals surface area contributed by atoms with E-state index in [1.807, 2.05) is 13.8 Å². The third-order valence-electron chi connectivity index (χ3n) is 1.55. The Kier molecular flexibility index (Phi) is 2.89. The van der Waals surface area contributed by atoms with Gasteiger partial charge in [-0.3, -0.25) is 4.79 Å². The molecule has 0 atom stereocenters. The van der Waals surface area contributed by atoms with E-state index in [9.17, 15) is 4.79 Å². The molecular formula is C8H12N4O. The first-order valence-electron chi connectivity index (χ1n) is 4.06. The summed E-state index contributed by atoms with van der Waals surface area (Å²) < 4.78 is 0. The summed E-state index contributed by atoms with van der Waals surface area (Å²) in [6, 6.07) is 0. The lowest BCUT2D eigenvalue weighted by Gasteiger charge is -2.01. The first kappa shape index (κ1) is 9.57. The van der Waals surface area contributed by atoms with E-state index in [4.69, 9.17) is 5.73 Å². The van der Waals surface area contributed by atoms with Gasteiger partial charge in [-0.25, -0.2) is 4.98 Å². The molecule has 0 aromatic carbocycles. The fourth-order valence-corrected chi connectivity index (χ4v) is 0.809. The molecule has 5 nitrogen and oxygen atoms in total. The zero-order valence-electron chi connectivity index (χ0n) is 7.69. The Morgan fingerprint density at radius 2 is 2.23 bits per heavy atom. The third-order valence-corrected chi connectivity index (χ3v) is 1.55. The van der Waals surface area contributed by atoms with Crippen molar-refractivity contribution in [2.24, 2.45) is 5.73 Å². The van der Waals surface area contributed by atoms with E-state index in [-0.39, 0.29) is 6.42 Å². The number of hydrogen-bond donors (Lipinski definition) is 1. The second-order valence-electron chi connectivity index (χ2n) is 3.10. The summed E-state index contributed by atoms with van der Waals surface area (Å²) in [6.07, 6.45) is 1.67. The van der Waals surface area contributed by atoms with Crippen LogP contribution in [0.25, 0.3) is 0 Å². The van der Waals surface area contributed by atoms with Crippen LogP contribution in [-0.2, 0) is 11.2 Å². The molecular weight excluding hydrogens is 168 g/mol. The molecule has 0 spiro atoms. The van der Waals surface area contributed by atoms with E-state index in [1.165, 1.54) is 0 Å². The van der Waals surface area contributed by atoms with E-state index < -0.39 is 5.91 Å². The molecule has 0 saturated carbocycles. The fourth-order valence-electron chi connectivity index (χ4n) is 0.809. The van der Waals surface area contributed by atoms with E-state index in [0.717, 1.165) is 5.69 Å². The molecule has 0 fully saturated rings. The number of rotatable bonds is 3. The molecule has 1 aromatic heterocycles. The Bertz CT molecular complexity index is 294. The lowest BCUT2D eigenvalue weighted by molar-refractivity contribution is -0.117. The topological polar surface area (TPSA) is 81.8 Å². The normalized spacial score (nSPS) is 10.4. The van der Waals surface area contributed by atoms with Gasteiger partial charge in [0.2, 0.25) is 5.91 Å². The summed E-state index contributed by atoms with van der Waals surface area (Å²) in [5.74, 6) is 0.221.